The highest BCUT2D eigenvalue weighted by atomic mass is 35.5. The lowest BCUT2D eigenvalue weighted by Gasteiger charge is -2.24. The average molecular weight is 241 g/mol. The summed E-state index contributed by atoms with van der Waals surface area (Å²) in [5, 5.41) is 3.97. The number of hydrogen-bond donors (Lipinski definition) is 1. The predicted octanol–water partition coefficient (Wildman–Crippen LogP) is 2.42. The van der Waals surface area contributed by atoms with Crippen LogP contribution >= 0.6 is 11.6 Å². The van der Waals surface area contributed by atoms with Crippen molar-refractivity contribution >= 4 is 11.6 Å². The Bertz CT molecular complexity index is 297. The largest absolute Gasteiger partial charge is 0.318 e. The number of hydrogen-bond acceptors (Lipinski definition) is 2. The molecule has 1 aromatic rings. The van der Waals surface area contributed by atoms with E-state index in [4.69, 9.17) is 11.6 Å². The second-order valence-electron chi connectivity index (χ2n) is 4.26. The van der Waals surface area contributed by atoms with Crippen molar-refractivity contribution in [3.8, 4) is 0 Å². The van der Waals surface area contributed by atoms with E-state index in [2.05, 4.69) is 36.3 Å². The van der Waals surface area contributed by atoms with Gasteiger partial charge in [0, 0.05) is 24.2 Å². The fraction of sp³-hybridized carbons (Fsp3) is 0.538. The number of rotatable bonds is 6. The molecule has 1 N–H and O–H groups in total. The molecule has 3 heteroatoms. The molecule has 0 spiro atoms. The Kier molecular flexibility index (Phi) is 5.81. The highest BCUT2D eigenvalue weighted by Crippen LogP contribution is 2.12. The molecule has 0 aliphatic rings. The van der Waals surface area contributed by atoms with Crippen molar-refractivity contribution in [1.29, 1.82) is 0 Å². The first-order chi connectivity index (χ1) is 7.63. The van der Waals surface area contributed by atoms with Crippen LogP contribution in [0.25, 0.3) is 0 Å². The van der Waals surface area contributed by atoms with Crippen LogP contribution in [0.4, 0.5) is 0 Å². The Labute approximate surface area is 104 Å². The highest BCUT2D eigenvalue weighted by molar-refractivity contribution is 6.30. The normalized spacial score (nSPS) is 13.1. The van der Waals surface area contributed by atoms with Crippen molar-refractivity contribution in [2.75, 3.05) is 27.2 Å². The van der Waals surface area contributed by atoms with Crippen LogP contribution < -0.4 is 5.32 Å². The summed E-state index contributed by atoms with van der Waals surface area (Å²) in [4.78, 5) is 2.37. The van der Waals surface area contributed by atoms with Crippen LogP contribution in [0.3, 0.4) is 0 Å². The quantitative estimate of drug-likeness (QED) is 0.822. The minimum absolute atomic E-state index is 0.550. The molecule has 2 nitrogen and oxygen atoms in total. The topological polar surface area (TPSA) is 15.3 Å². The van der Waals surface area contributed by atoms with Crippen LogP contribution in [0.5, 0.6) is 0 Å². The lowest BCUT2D eigenvalue weighted by molar-refractivity contribution is 0.258. The number of nitrogens with one attached hydrogen (secondary N) is 1. The van der Waals surface area contributed by atoms with E-state index in [1.54, 1.807) is 0 Å². The van der Waals surface area contributed by atoms with Crippen molar-refractivity contribution in [2.45, 2.75) is 19.4 Å². The molecule has 0 saturated carbocycles. The summed E-state index contributed by atoms with van der Waals surface area (Å²) in [5.74, 6) is 0. The molecule has 0 heterocycles. The van der Waals surface area contributed by atoms with E-state index in [9.17, 15) is 0 Å². The van der Waals surface area contributed by atoms with Crippen molar-refractivity contribution in [3.05, 3.63) is 34.9 Å². The van der Waals surface area contributed by atoms with E-state index >= 15 is 0 Å². The zero-order valence-corrected chi connectivity index (χ0v) is 11.1. The van der Waals surface area contributed by atoms with E-state index in [-0.39, 0.29) is 0 Å². The molecular weight excluding hydrogens is 220 g/mol. The van der Waals surface area contributed by atoms with Crippen molar-refractivity contribution in [1.82, 2.24) is 10.2 Å². The molecule has 1 aromatic carbocycles. The summed E-state index contributed by atoms with van der Waals surface area (Å²) in [7, 11) is 4.15. The van der Waals surface area contributed by atoms with Gasteiger partial charge < -0.3 is 10.2 Å². The molecule has 16 heavy (non-hydrogen) atoms. The van der Waals surface area contributed by atoms with Gasteiger partial charge in [-0.25, -0.2) is 0 Å². The molecule has 0 bridgehead atoms. The van der Waals surface area contributed by atoms with Gasteiger partial charge in [0.1, 0.15) is 0 Å². The summed E-state index contributed by atoms with van der Waals surface area (Å²) < 4.78 is 0. The maximum absolute atomic E-state index is 5.86. The summed E-state index contributed by atoms with van der Waals surface area (Å²) in [6.45, 7) is 4.36. The van der Waals surface area contributed by atoms with Gasteiger partial charge in [-0.05, 0) is 45.1 Å². The Morgan fingerprint density at radius 3 is 2.50 bits per heavy atom. The molecule has 90 valence electrons. The first kappa shape index (κ1) is 13.5. The standard InChI is InChI=1S/C13H21ClN2/c1-11(16(3)9-8-15-2)10-12-4-6-13(14)7-5-12/h4-7,11,15H,8-10H2,1-3H3. The van der Waals surface area contributed by atoms with Crippen LogP contribution in [0.15, 0.2) is 24.3 Å². The third-order valence-electron chi connectivity index (χ3n) is 2.91. The Morgan fingerprint density at radius 1 is 1.31 bits per heavy atom. The van der Waals surface area contributed by atoms with E-state index < -0.39 is 0 Å². The molecule has 0 radical (unpaired) electrons. The fourth-order valence-electron chi connectivity index (χ4n) is 1.63. The molecule has 0 fully saturated rings. The SMILES string of the molecule is CNCCN(C)C(C)Cc1ccc(Cl)cc1. The number of likely N-dealkylation sites (N-methyl/N-ethyl adjacent to an activating group) is 2. The van der Waals surface area contributed by atoms with E-state index in [1.165, 1.54) is 5.56 Å². The minimum atomic E-state index is 0.550. The third-order valence-corrected chi connectivity index (χ3v) is 3.16. The van der Waals surface area contributed by atoms with Crippen molar-refractivity contribution in [3.63, 3.8) is 0 Å². The van der Waals surface area contributed by atoms with Crippen LogP contribution in [-0.2, 0) is 6.42 Å². The van der Waals surface area contributed by atoms with Crippen LogP contribution in [0, 0.1) is 0 Å². The maximum atomic E-state index is 5.86. The summed E-state index contributed by atoms with van der Waals surface area (Å²) in [6.07, 6.45) is 1.07. The summed E-state index contributed by atoms with van der Waals surface area (Å²) >= 11 is 5.86. The monoisotopic (exact) mass is 240 g/mol. The maximum Gasteiger partial charge on any atom is 0.0406 e. The number of benzene rings is 1. The first-order valence-electron chi connectivity index (χ1n) is 5.72. The predicted molar refractivity (Wildman–Crippen MR) is 71.2 cm³/mol. The molecule has 1 atom stereocenters. The van der Waals surface area contributed by atoms with Gasteiger partial charge >= 0.3 is 0 Å². The summed E-state index contributed by atoms with van der Waals surface area (Å²) in [5.41, 5.74) is 1.34. The molecule has 0 aliphatic heterocycles. The molecule has 0 amide bonds. The second-order valence-corrected chi connectivity index (χ2v) is 4.70. The highest BCUT2D eigenvalue weighted by Gasteiger charge is 2.08. The lowest BCUT2D eigenvalue weighted by atomic mass is 10.1. The molecule has 0 aromatic heterocycles. The Morgan fingerprint density at radius 2 is 1.94 bits per heavy atom. The van der Waals surface area contributed by atoms with Crippen LogP contribution in [0.2, 0.25) is 5.02 Å². The van der Waals surface area contributed by atoms with Gasteiger partial charge in [-0.3, -0.25) is 0 Å². The molecule has 0 aliphatic carbocycles. The smallest absolute Gasteiger partial charge is 0.0406 e. The zero-order valence-electron chi connectivity index (χ0n) is 10.3. The van der Waals surface area contributed by atoms with Gasteiger partial charge in [0.2, 0.25) is 0 Å². The molecule has 1 unspecified atom stereocenters. The fourth-order valence-corrected chi connectivity index (χ4v) is 1.75. The average Bonchev–Trinajstić information content (AvgIpc) is 2.29. The van der Waals surface area contributed by atoms with Crippen LogP contribution in [-0.4, -0.2) is 38.1 Å². The van der Waals surface area contributed by atoms with Gasteiger partial charge in [-0.2, -0.15) is 0 Å². The van der Waals surface area contributed by atoms with Gasteiger partial charge in [0.25, 0.3) is 0 Å². The van der Waals surface area contributed by atoms with E-state index in [0.29, 0.717) is 6.04 Å². The first-order valence-corrected chi connectivity index (χ1v) is 6.10. The second kappa shape index (κ2) is 6.89. The third kappa shape index (κ3) is 4.52. The molecule has 1 rings (SSSR count). The van der Waals surface area contributed by atoms with Gasteiger partial charge in [-0.1, -0.05) is 23.7 Å². The molecular formula is C13H21ClN2. The van der Waals surface area contributed by atoms with Crippen LogP contribution in [0.1, 0.15) is 12.5 Å². The molecule has 0 saturated heterocycles. The van der Waals surface area contributed by atoms with Gasteiger partial charge in [-0.15, -0.1) is 0 Å². The Hall–Kier alpha value is -0.570. The van der Waals surface area contributed by atoms with Gasteiger partial charge in [0.15, 0.2) is 0 Å². The van der Waals surface area contributed by atoms with Crippen molar-refractivity contribution in [2.24, 2.45) is 0 Å². The van der Waals surface area contributed by atoms with E-state index in [0.717, 1.165) is 24.5 Å². The summed E-state index contributed by atoms with van der Waals surface area (Å²) in [6, 6.07) is 8.67. The van der Waals surface area contributed by atoms with E-state index in [1.807, 2.05) is 19.2 Å². The minimum Gasteiger partial charge on any atom is -0.318 e. The zero-order chi connectivity index (χ0) is 12.0. The number of halogens is 1. The Balaban J connectivity index is 2.43. The number of nitrogens with zero attached hydrogens (tertiary/aromatic N) is 1. The van der Waals surface area contributed by atoms with Crippen molar-refractivity contribution < 1.29 is 0 Å². The van der Waals surface area contributed by atoms with Gasteiger partial charge in [0.05, 0.1) is 0 Å². The lowest BCUT2D eigenvalue weighted by Crippen LogP contribution is -2.35.